The van der Waals surface area contributed by atoms with Crippen molar-refractivity contribution in [1.82, 2.24) is 9.97 Å². The molecule has 4 rings (SSSR count). The summed E-state index contributed by atoms with van der Waals surface area (Å²) in [5, 5.41) is 3.44. The summed E-state index contributed by atoms with van der Waals surface area (Å²) in [6.07, 6.45) is 5.06. The summed E-state index contributed by atoms with van der Waals surface area (Å²) in [5.74, 6) is 1.51. The van der Waals surface area contributed by atoms with Gasteiger partial charge in [0.25, 0.3) is 0 Å². The maximum Gasteiger partial charge on any atom is 0.214 e. The van der Waals surface area contributed by atoms with E-state index in [9.17, 15) is 4.79 Å². The zero-order valence-corrected chi connectivity index (χ0v) is 18.5. The lowest BCUT2D eigenvalue weighted by molar-refractivity contribution is -0.107. The van der Waals surface area contributed by atoms with Crippen LogP contribution in [0.15, 0.2) is 91.3 Å². The van der Waals surface area contributed by atoms with Gasteiger partial charge in [-0.25, -0.2) is 4.98 Å². The third-order valence-electron chi connectivity index (χ3n) is 5.34. The molecule has 33 heavy (non-hydrogen) atoms. The molecular formula is C27H26N4O2. The number of ether oxygens (including phenoxy) is 1. The number of amides is 1. The van der Waals surface area contributed by atoms with Crippen molar-refractivity contribution in [3.05, 3.63) is 102 Å². The van der Waals surface area contributed by atoms with Crippen molar-refractivity contribution in [2.24, 2.45) is 0 Å². The zero-order valence-electron chi connectivity index (χ0n) is 18.5. The highest BCUT2D eigenvalue weighted by Crippen LogP contribution is 2.29. The highest BCUT2D eigenvalue weighted by Gasteiger charge is 2.15. The Balaban J connectivity index is 1.61. The number of carbonyl (C=O) groups excluding carboxylic acids is 1. The summed E-state index contributed by atoms with van der Waals surface area (Å²) in [6, 6.07) is 25.6. The van der Waals surface area contributed by atoms with Crippen molar-refractivity contribution in [3.8, 4) is 17.0 Å². The van der Waals surface area contributed by atoms with Crippen LogP contribution in [0.2, 0.25) is 0 Å². The average molecular weight is 439 g/mol. The topological polar surface area (TPSA) is 67.3 Å². The predicted molar refractivity (Wildman–Crippen MR) is 131 cm³/mol. The number of hydrogen-bond acceptors (Lipinski definition) is 5. The molecule has 6 nitrogen and oxygen atoms in total. The molecule has 1 amide bonds. The predicted octanol–water partition coefficient (Wildman–Crippen LogP) is 4.97. The molecule has 2 heterocycles. The number of aromatic nitrogens is 2. The first-order valence-corrected chi connectivity index (χ1v) is 10.8. The van der Waals surface area contributed by atoms with E-state index in [1.165, 1.54) is 0 Å². The van der Waals surface area contributed by atoms with Crippen molar-refractivity contribution in [3.63, 3.8) is 0 Å². The van der Waals surface area contributed by atoms with Gasteiger partial charge in [-0.3, -0.25) is 9.78 Å². The number of anilines is 2. The van der Waals surface area contributed by atoms with Crippen LogP contribution < -0.4 is 15.0 Å². The number of rotatable bonds is 10. The van der Waals surface area contributed by atoms with Crippen molar-refractivity contribution in [2.75, 3.05) is 23.9 Å². The second kappa shape index (κ2) is 10.9. The van der Waals surface area contributed by atoms with Crippen molar-refractivity contribution in [2.45, 2.75) is 13.0 Å². The van der Waals surface area contributed by atoms with Gasteiger partial charge < -0.3 is 15.0 Å². The van der Waals surface area contributed by atoms with Crippen LogP contribution in [0.5, 0.6) is 5.75 Å². The Morgan fingerprint density at radius 2 is 1.79 bits per heavy atom. The number of pyridine rings is 2. The maximum atomic E-state index is 12.0. The molecule has 0 unspecified atom stereocenters. The summed E-state index contributed by atoms with van der Waals surface area (Å²) in [7, 11) is 1.68. The summed E-state index contributed by atoms with van der Waals surface area (Å²) in [6.45, 7) is 1.04. The molecule has 0 aliphatic heterocycles. The summed E-state index contributed by atoms with van der Waals surface area (Å²) < 4.78 is 5.47. The van der Waals surface area contributed by atoms with Crippen LogP contribution in [-0.2, 0) is 17.8 Å². The Hall–Kier alpha value is -4.19. The van der Waals surface area contributed by atoms with Crippen LogP contribution in [0.3, 0.4) is 0 Å². The summed E-state index contributed by atoms with van der Waals surface area (Å²) in [4.78, 5) is 22.7. The third-order valence-corrected chi connectivity index (χ3v) is 5.34. The van der Waals surface area contributed by atoms with E-state index in [1.807, 2.05) is 72.8 Å². The third kappa shape index (κ3) is 5.54. The monoisotopic (exact) mass is 438 g/mol. The van der Waals surface area contributed by atoms with E-state index in [0.29, 0.717) is 24.6 Å². The lowest BCUT2D eigenvalue weighted by Gasteiger charge is -2.22. The molecule has 0 radical (unpaired) electrons. The van der Waals surface area contributed by atoms with Crippen LogP contribution in [0.4, 0.5) is 11.5 Å². The minimum atomic E-state index is 0.408. The summed E-state index contributed by atoms with van der Waals surface area (Å²) >= 11 is 0. The number of methoxy groups -OCH3 is 1. The first-order valence-electron chi connectivity index (χ1n) is 10.8. The van der Waals surface area contributed by atoms with E-state index >= 15 is 0 Å². The first kappa shape index (κ1) is 22.0. The molecular weight excluding hydrogens is 412 g/mol. The van der Waals surface area contributed by atoms with Crippen LogP contribution in [0, 0.1) is 0 Å². The molecule has 0 aliphatic rings. The molecule has 0 spiro atoms. The van der Waals surface area contributed by atoms with Crippen LogP contribution >= 0.6 is 0 Å². The van der Waals surface area contributed by atoms with Crippen molar-refractivity contribution < 1.29 is 9.53 Å². The van der Waals surface area contributed by atoms with Crippen LogP contribution in [-0.4, -0.2) is 30.0 Å². The molecule has 4 aromatic rings. The van der Waals surface area contributed by atoms with E-state index in [1.54, 1.807) is 24.4 Å². The highest BCUT2D eigenvalue weighted by atomic mass is 16.5. The van der Waals surface area contributed by atoms with Crippen LogP contribution in [0.1, 0.15) is 11.1 Å². The molecule has 0 atom stereocenters. The van der Waals surface area contributed by atoms with E-state index in [2.05, 4.69) is 16.4 Å². The fourth-order valence-electron chi connectivity index (χ4n) is 3.68. The zero-order chi connectivity index (χ0) is 22.9. The van der Waals surface area contributed by atoms with E-state index in [0.717, 1.165) is 41.0 Å². The Kier molecular flexibility index (Phi) is 7.28. The lowest BCUT2D eigenvalue weighted by atomic mass is 10.1. The minimum absolute atomic E-state index is 0.408. The van der Waals surface area contributed by atoms with Gasteiger partial charge in [0, 0.05) is 24.5 Å². The molecule has 166 valence electrons. The van der Waals surface area contributed by atoms with Crippen LogP contribution in [0.25, 0.3) is 11.3 Å². The number of para-hydroxylation sites is 1. The van der Waals surface area contributed by atoms with Gasteiger partial charge >= 0.3 is 0 Å². The first-order chi connectivity index (χ1) is 16.3. The summed E-state index contributed by atoms with van der Waals surface area (Å²) in [5.41, 5.74) is 4.62. The Labute approximate surface area is 193 Å². The second-order valence-electron chi connectivity index (χ2n) is 7.51. The van der Waals surface area contributed by atoms with Gasteiger partial charge in [0.1, 0.15) is 5.75 Å². The Morgan fingerprint density at radius 3 is 2.55 bits per heavy atom. The fourth-order valence-corrected chi connectivity index (χ4v) is 3.68. The van der Waals surface area contributed by atoms with Crippen molar-refractivity contribution >= 4 is 17.9 Å². The fraction of sp³-hybridized carbons (Fsp3) is 0.148. The van der Waals surface area contributed by atoms with Gasteiger partial charge in [-0.05, 0) is 41.8 Å². The second-order valence-corrected chi connectivity index (χ2v) is 7.51. The van der Waals surface area contributed by atoms with Gasteiger partial charge in [0.15, 0.2) is 5.82 Å². The molecule has 2 aromatic carbocycles. The van der Waals surface area contributed by atoms with Gasteiger partial charge in [-0.15, -0.1) is 0 Å². The molecule has 0 aliphatic carbocycles. The van der Waals surface area contributed by atoms with E-state index in [4.69, 9.17) is 9.72 Å². The molecule has 0 saturated carbocycles. The molecule has 0 fully saturated rings. The molecule has 6 heteroatoms. The van der Waals surface area contributed by atoms with Crippen molar-refractivity contribution in [1.29, 1.82) is 0 Å². The van der Waals surface area contributed by atoms with E-state index < -0.39 is 0 Å². The standard InChI is InChI=1S/C27H26N4O2/c1-33-26-12-6-5-11-23(26)15-17-29-27-25(31(20-32)19-21-8-7-16-28-18-21)14-13-24(30-27)22-9-3-2-4-10-22/h2-14,16,18,20H,15,17,19H2,1H3,(H,29,30). The Morgan fingerprint density at radius 1 is 0.970 bits per heavy atom. The molecule has 0 saturated heterocycles. The maximum absolute atomic E-state index is 12.0. The minimum Gasteiger partial charge on any atom is -0.496 e. The average Bonchev–Trinajstić information content (AvgIpc) is 2.89. The number of carbonyl (C=O) groups is 1. The van der Waals surface area contributed by atoms with E-state index in [-0.39, 0.29) is 0 Å². The molecule has 1 N–H and O–H groups in total. The van der Waals surface area contributed by atoms with Gasteiger partial charge in [-0.2, -0.15) is 0 Å². The number of nitrogens with zero attached hydrogens (tertiary/aromatic N) is 3. The quantitative estimate of drug-likeness (QED) is 0.354. The smallest absolute Gasteiger partial charge is 0.214 e. The molecule has 2 aromatic heterocycles. The number of benzene rings is 2. The normalized spacial score (nSPS) is 10.5. The Bertz CT molecular complexity index is 1180. The number of hydrogen-bond donors (Lipinski definition) is 1. The number of nitrogens with one attached hydrogen (secondary N) is 1. The highest BCUT2D eigenvalue weighted by molar-refractivity contribution is 5.83. The van der Waals surface area contributed by atoms with Gasteiger partial charge in [-0.1, -0.05) is 54.6 Å². The SMILES string of the molecule is COc1ccccc1CCNc1nc(-c2ccccc2)ccc1N(C=O)Cc1cccnc1. The van der Waals surface area contributed by atoms with Gasteiger partial charge in [0.2, 0.25) is 6.41 Å². The largest absolute Gasteiger partial charge is 0.496 e. The van der Waals surface area contributed by atoms with Gasteiger partial charge in [0.05, 0.1) is 25.0 Å². The molecule has 0 bridgehead atoms. The lowest BCUT2D eigenvalue weighted by Crippen LogP contribution is -2.23.